The number of furan rings is 1. The minimum Gasteiger partial charge on any atom is -0.487 e. The summed E-state index contributed by atoms with van der Waals surface area (Å²) in [5.74, 6) is 1.95. The van der Waals surface area contributed by atoms with E-state index in [1.54, 1.807) is 12.1 Å². The van der Waals surface area contributed by atoms with E-state index in [-0.39, 0.29) is 5.69 Å². The molecule has 0 aliphatic rings. The number of rotatable bonds is 7. The van der Waals surface area contributed by atoms with Crippen LogP contribution in [0.25, 0.3) is 34.4 Å². The minimum atomic E-state index is -0.427. The van der Waals surface area contributed by atoms with Gasteiger partial charge in [0.25, 0.3) is 5.69 Å². The average Bonchev–Trinajstić information content (AvgIpc) is 3.36. The first-order valence-corrected chi connectivity index (χ1v) is 11.2. The van der Waals surface area contributed by atoms with Crippen LogP contribution in [0.1, 0.15) is 17.0 Å². The van der Waals surface area contributed by atoms with E-state index >= 15 is 0 Å². The summed E-state index contributed by atoms with van der Waals surface area (Å²) in [6.45, 7) is 0.346. The molecule has 7 heteroatoms. The third-order valence-corrected chi connectivity index (χ3v) is 5.82. The van der Waals surface area contributed by atoms with E-state index < -0.39 is 4.92 Å². The Morgan fingerprint density at radius 1 is 0.914 bits per heavy atom. The lowest BCUT2D eigenvalue weighted by Crippen LogP contribution is -1.98. The average molecular weight is 483 g/mol. The number of nitro benzene ring substituents is 1. The molecular weight excluding hydrogens is 464 g/mol. The molecule has 35 heavy (non-hydrogen) atoms. The number of halogens is 1. The van der Waals surface area contributed by atoms with Gasteiger partial charge in [-0.05, 0) is 54.6 Å². The van der Waals surface area contributed by atoms with Crippen molar-refractivity contribution in [2.24, 2.45) is 0 Å². The van der Waals surface area contributed by atoms with E-state index in [2.05, 4.69) is 0 Å². The van der Waals surface area contributed by atoms with Gasteiger partial charge in [0.1, 0.15) is 29.4 Å². The maximum absolute atomic E-state index is 10.8. The van der Waals surface area contributed by atoms with Crippen LogP contribution in [0.15, 0.2) is 95.4 Å². The molecule has 0 unspecified atom stereocenters. The number of hydrogen-bond donors (Lipinski definition) is 0. The number of aromatic nitrogens is 1. The molecule has 0 N–H and O–H groups in total. The van der Waals surface area contributed by atoms with Crippen molar-refractivity contribution in [1.82, 2.24) is 4.98 Å². The van der Waals surface area contributed by atoms with E-state index in [0.717, 1.165) is 27.7 Å². The number of benzene rings is 3. The number of pyridine rings is 1. The second kappa shape index (κ2) is 9.83. The second-order valence-corrected chi connectivity index (χ2v) is 8.19. The molecule has 0 atom stereocenters. The third kappa shape index (κ3) is 5.08. The molecule has 0 radical (unpaired) electrons. The number of ether oxygens (including phenoxy) is 1. The fraction of sp³-hybridized carbons (Fsp3) is 0.0357. The van der Waals surface area contributed by atoms with Gasteiger partial charge in [0.15, 0.2) is 0 Å². The highest BCUT2D eigenvalue weighted by atomic mass is 35.5. The first-order valence-electron chi connectivity index (χ1n) is 10.9. The van der Waals surface area contributed by atoms with Gasteiger partial charge < -0.3 is 9.15 Å². The summed E-state index contributed by atoms with van der Waals surface area (Å²) >= 11 is 6.25. The molecule has 2 aromatic heterocycles. The minimum absolute atomic E-state index is 0.0398. The van der Waals surface area contributed by atoms with Crippen LogP contribution in [-0.4, -0.2) is 9.91 Å². The van der Waals surface area contributed by atoms with E-state index in [1.165, 1.54) is 12.1 Å². The SMILES string of the molecule is O=[N+]([O-])c1ccc(-c2ccc(/C=C/c3ccc4cccc(OCc5ccccc5Cl)c4n3)o2)cc1. The van der Waals surface area contributed by atoms with Crippen molar-refractivity contribution in [2.45, 2.75) is 6.61 Å². The normalized spacial score (nSPS) is 11.2. The second-order valence-electron chi connectivity index (χ2n) is 7.78. The Balaban J connectivity index is 1.35. The summed E-state index contributed by atoms with van der Waals surface area (Å²) in [7, 11) is 0. The van der Waals surface area contributed by atoms with E-state index in [9.17, 15) is 10.1 Å². The van der Waals surface area contributed by atoms with Crippen molar-refractivity contribution >= 4 is 40.3 Å². The number of para-hydroxylation sites is 1. The van der Waals surface area contributed by atoms with Crippen LogP contribution in [0, 0.1) is 10.1 Å². The molecule has 5 rings (SSSR count). The highest BCUT2D eigenvalue weighted by Crippen LogP contribution is 2.28. The molecule has 172 valence electrons. The lowest BCUT2D eigenvalue weighted by molar-refractivity contribution is -0.384. The Kier molecular flexibility index (Phi) is 6.28. The van der Waals surface area contributed by atoms with Gasteiger partial charge >= 0.3 is 0 Å². The number of hydrogen-bond acceptors (Lipinski definition) is 5. The van der Waals surface area contributed by atoms with E-state index in [0.29, 0.717) is 28.9 Å². The lowest BCUT2D eigenvalue weighted by atomic mass is 10.1. The Hall–Kier alpha value is -4.42. The molecule has 2 heterocycles. The van der Waals surface area contributed by atoms with Crippen LogP contribution in [0.3, 0.4) is 0 Å². The van der Waals surface area contributed by atoms with Gasteiger partial charge in [0.2, 0.25) is 0 Å². The molecule has 5 aromatic rings. The van der Waals surface area contributed by atoms with Gasteiger partial charge in [-0.2, -0.15) is 0 Å². The first-order chi connectivity index (χ1) is 17.1. The number of nitro groups is 1. The van der Waals surface area contributed by atoms with Crippen LogP contribution in [0.5, 0.6) is 5.75 Å². The first kappa shape index (κ1) is 22.4. The summed E-state index contributed by atoms with van der Waals surface area (Å²) in [5.41, 5.74) is 3.22. The molecule has 0 saturated carbocycles. The number of fused-ring (bicyclic) bond motifs is 1. The predicted octanol–water partition coefficient (Wildman–Crippen LogP) is 7.81. The van der Waals surface area contributed by atoms with E-state index in [1.807, 2.05) is 78.9 Å². The van der Waals surface area contributed by atoms with Crippen molar-refractivity contribution in [3.05, 3.63) is 123 Å². The van der Waals surface area contributed by atoms with Crippen LogP contribution in [0.2, 0.25) is 5.02 Å². The van der Waals surface area contributed by atoms with Crippen molar-refractivity contribution in [1.29, 1.82) is 0 Å². The largest absolute Gasteiger partial charge is 0.487 e. The van der Waals surface area contributed by atoms with Crippen LogP contribution in [-0.2, 0) is 6.61 Å². The molecule has 6 nitrogen and oxygen atoms in total. The summed E-state index contributed by atoms with van der Waals surface area (Å²) < 4.78 is 11.9. The molecule has 0 aliphatic carbocycles. The molecule has 0 fully saturated rings. The summed E-state index contributed by atoms with van der Waals surface area (Å²) in [5, 5.41) is 12.5. The lowest BCUT2D eigenvalue weighted by Gasteiger charge is -2.10. The molecule has 0 aliphatic heterocycles. The van der Waals surface area contributed by atoms with Gasteiger partial charge in [-0.25, -0.2) is 4.98 Å². The fourth-order valence-corrected chi connectivity index (χ4v) is 3.82. The van der Waals surface area contributed by atoms with Gasteiger partial charge in [-0.15, -0.1) is 0 Å². The molecule has 3 aromatic carbocycles. The smallest absolute Gasteiger partial charge is 0.269 e. The molecule has 0 bridgehead atoms. The topological polar surface area (TPSA) is 78.4 Å². The molecule has 0 amide bonds. The van der Waals surface area contributed by atoms with Crippen molar-refractivity contribution in [3.8, 4) is 17.1 Å². The Morgan fingerprint density at radius 3 is 2.54 bits per heavy atom. The van der Waals surface area contributed by atoms with Crippen molar-refractivity contribution < 1.29 is 14.1 Å². The highest BCUT2D eigenvalue weighted by Gasteiger charge is 2.09. The van der Waals surface area contributed by atoms with Gasteiger partial charge in [0, 0.05) is 33.7 Å². The zero-order chi connectivity index (χ0) is 24.2. The van der Waals surface area contributed by atoms with Crippen molar-refractivity contribution in [3.63, 3.8) is 0 Å². The summed E-state index contributed by atoms with van der Waals surface area (Å²) in [6.07, 6.45) is 3.69. The molecule has 0 spiro atoms. The maximum atomic E-state index is 10.8. The molecule has 0 saturated heterocycles. The van der Waals surface area contributed by atoms with Crippen LogP contribution < -0.4 is 4.74 Å². The Morgan fingerprint density at radius 2 is 1.74 bits per heavy atom. The fourth-order valence-electron chi connectivity index (χ4n) is 3.63. The highest BCUT2D eigenvalue weighted by molar-refractivity contribution is 6.31. The standard InChI is InChI=1S/C28H19ClN2O4/c29-25-6-2-1-4-21(25)18-34-27-7-3-5-20-8-11-22(30-28(20)27)12-15-24-16-17-26(35-24)19-9-13-23(14-10-19)31(32)33/h1-17H,18H2/b15-12+. The number of nitrogens with zero attached hydrogens (tertiary/aromatic N) is 2. The van der Waals surface area contributed by atoms with Crippen molar-refractivity contribution in [2.75, 3.05) is 0 Å². The van der Waals surface area contributed by atoms with Crippen LogP contribution >= 0.6 is 11.6 Å². The summed E-state index contributed by atoms with van der Waals surface area (Å²) in [6, 6.07) is 27.2. The quantitative estimate of drug-likeness (QED) is 0.174. The third-order valence-electron chi connectivity index (χ3n) is 5.45. The Labute approximate surface area is 206 Å². The van der Waals surface area contributed by atoms with Gasteiger partial charge in [-0.1, -0.05) is 48.0 Å². The molecular formula is C28H19ClN2O4. The Bertz CT molecular complexity index is 1540. The predicted molar refractivity (Wildman–Crippen MR) is 137 cm³/mol. The van der Waals surface area contributed by atoms with Gasteiger partial charge in [-0.3, -0.25) is 10.1 Å². The maximum Gasteiger partial charge on any atom is 0.269 e. The van der Waals surface area contributed by atoms with Crippen LogP contribution in [0.4, 0.5) is 5.69 Å². The summed E-state index contributed by atoms with van der Waals surface area (Å²) in [4.78, 5) is 15.2. The van der Waals surface area contributed by atoms with E-state index in [4.69, 9.17) is 25.7 Å². The monoisotopic (exact) mass is 482 g/mol. The number of non-ortho nitro benzene ring substituents is 1. The van der Waals surface area contributed by atoms with Gasteiger partial charge in [0.05, 0.1) is 10.6 Å². The zero-order valence-electron chi connectivity index (χ0n) is 18.4. The zero-order valence-corrected chi connectivity index (χ0v) is 19.2.